The van der Waals surface area contributed by atoms with Crippen LogP contribution in [0.25, 0.3) is 0 Å². The molecule has 0 saturated carbocycles. The Labute approximate surface area is 80.1 Å². The molecule has 0 bridgehead atoms. The highest BCUT2D eigenvalue weighted by Crippen LogP contribution is 2.17. The molecule has 0 aromatic heterocycles. The number of ether oxygens (including phenoxy) is 2. The van der Waals surface area contributed by atoms with Gasteiger partial charge in [-0.15, -0.1) is 0 Å². The van der Waals surface area contributed by atoms with Gasteiger partial charge in [0.2, 0.25) is 0 Å². The third-order valence-corrected chi connectivity index (χ3v) is 2.25. The first-order valence-corrected chi connectivity index (χ1v) is 4.91. The summed E-state index contributed by atoms with van der Waals surface area (Å²) in [5, 5.41) is 3.21. The standard InChI is InChI=1S/C10H19NO2/c1-4-12-8(2)10(11-3)9-6-5-7-13-9/h6,8,10-11H,4-5,7H2,1-3H3. The second-order valence-electron chi connectivity index (χ2n) is 3.17. The average Bonchev–Trinajstić information content (AvgIpc) is 2.59. The normalized spacial score (nSPS) is 20.7. The number of rotatable bonds is 5. The van der Waals surface area contributed by atoms with Gasteiger partial charge < -0.3 is 14.8 Å². The first kappa shape index (κ1) is 10.5. The zero-order chi connectivity index (χ0) is 9.68. The number of hydrogen-bond acceptors (Lipinski definition) is 3. The monoisotopic (exact) mass is 185 g/mol. The molecule has 0 fully saturated rings. The summed E-state index contributed by atoms with van der Waals surface area (Å²) in [7, 11) is 1.93. The molecular formula is C10H19NO2. The lowest BCUT2D eigenvalue weighted by atomic mass is 10.1. The van der Waals surface area contributed by atoms with Gasteiger partial charge in [-0.05, 0) is 27.0 Å². The average molecular weight is 185 g/mol. The van der Waals surface area contributed by atoms with E-state index in [9.17, 15) is 0 Å². The van der Waals surface area contributed by atoms with Gasteiger partial charge in [0.1, 0.15) is 5.76 Å². The summed E-state index contributed by atoms with van der Waals surface area (Å²) >= 11 is 0. The Morgan fingerprint density at radius 1 is 1.69 bits per heavy atom. The van der Waals surface area contributed by atoms with Gasteiger partial charge in [0.15, 0.2) is 0 Å². The molecule has 3 nitrogen and oxygen atoms in total. The van der Waals surface area contributed by atoms with Crippen LogP contribution < -0.4 is 5.32 Å². The molecule has 76 valence electrons. The predicted molar refractivity (Wildman–Crippen MR) is 52.6 cm³/mol. The Morgan fingerprint density at radius 3 is 2.92 bits per heavy atom. The van der Waals surface area contributed by atoms with Gasteiger partial charge in [0, 0.05) is 13.0 Å². The zero-order valence-electron chi connectivity index (χ0n) is 8.67. The lowest BCUT2D eigenvalue weighted by Gasteiger charge is -2.23. The minimum Gasteiger partial charge on any atom is -0.496 e. The van der Waals surface area contributed by atoms with Crippen LogP contribution in [0.2, 0.25) is 0 Å². The van der Waals surface area contributed by atoms with Crippen molar-refractivity contribution in [2.75, 3.05) is 20.3 Å². The Kier molecular flexibility index (Phi) is 4.25. The van der Waals surface area contributed by atoms with E-state index in [0.717, 1.165) is 25.4 Å². The Balaban J connectivity index is 2.50. The summed E-state index contributed by atoms with van der Waals surface area (Å²) in [6.45, 7) is 5.62. The summed E-state index contributed by atoms with van der Waals surface area (Å²) in [6.07, 6.45) is 3.32. The van der Waals surface area contributed by atoms with Crippen molar-refractivity contribution in [2.24, 2.45) is 0 Å². The summed E-state index contributed by atoms with van der Waals surface area (Å²) in [4.78, 5) is 0. The molecular weight excluding hydrogens is 166 g/mol. The molecule has 0 amide bonds. The third kappa shape index (κ3) is 2.71. The summed E-state index contributed by atoms with van der Waals surface area (Å²) < 4.78 is 11.0. The highest BCUT2D eigenvalue weighted by Gasteiger charge is 2.23. The SMILES string of the molecule is CCOC(C)C(NC)C1=CCCO1. The molecule has 0 saturated heterocycles. The van der Waals surface area contributed by atoms with Crippen LogP contribution in [-0.2, 0) is 9.47 Å². The van der Waals surface area contributed by atoms with Gasteiger partial charge >= 0.3 is 0 Å². The number of hydrogen-bond donors (Lipinski definition) is 1. The Morgan fingerprint density at radius 2 is 2.46 bits per heavy atom. The van der Waals surface area contributed by atoms with Crippen molar-refractivity contribution in [3.8, 4) is 0 Å². The van der Waals surface area contributed by atoms with Crippen molar-refractivity contribution in [1.82, 2.24) is 5.32 Å². The summed E-state index contributed by atoms with van der Waals surface area (Å²) in [5.74, 6) is 1.03. The van der Waals surface area contributed by atoms with E-state index >= 15 is 0 Å². The second kappa shape index (κ2) is 5.25. The summed E-state index contributed by atoms with van der Waals surface area (Å²) in [6, 6.07) is 0.197. The highest BCUT2D eigenvalue weighted by molar-refractivity contribution is 5.08. The Bertz CT molecular complexity index is 180. The predicted octanol–water partition coefficient (Wildman–Crippen LogP) is 1.30. The minimum absolute atomic E-state index is 0.166. The third-order valence-electron chi connectivity index (χ3n) is 2.25. The molecule has 0 aromatic carbocycles. The molecule has 3 heteroatoms. The highest BCUT2D eigenvalue weighted by atomic mass is 16.5. The molecule has 1 N–H and O–H groups in total. The molecule has 0 aliphatic carbocycles. The van der Waals surface area contributed by atoms with E-state index in [1.165, 1.54) is 0 Å². The van der Waals surface area contributed by atoms with Gasteiger partial charge in [-0.25, -0.2) is 0 Å². The van der Waals surface area contributed by atoms with Gasteiger partial charge in [-0.1, -0.05) is 0 Å². The lowest BCUT2D eigenvalue weighted by Crippen LogP contribution is -2.39. The fraction of sp³-hybridized carbons (Fsp3) is 0.800. The van der Waals surface area contributed by atoms with Crippen LogP contribution in [0.1, 0.15) is 20.3 Å². The van der Waals surface area contributed by atoms with Crippen molar-refractivity contribution in [3.05, 3.63) is 11.8 Å². The second-order valence-corrected chi connectivity index (χ2v) is 3.17. The van der Waals surface area contributed by atoms with Crippen LogP contribution in [0.5, 0.6) is 0 Å². The van der Waals surface area contributed by atoms with Crippen molar-refractivity contribution >= 4 is 0 Å². The molecule has 0 spiro atoms. The minimum atomic E-state index is 0.166. The first-order valence-electron chi connectivity index (χ1n) is 4.91. The van der Waals surface area contributed by atoms with Crippen molar-refractivity contribution < 1.29 is 9.47 Å². The van der Waals surface area contributed by atoms with E-state index in [4.69, 9.17) is 9.47 Å². The van der Waals surface area contributed by atoms with Crippen LogP contribution in [0.3, 0.4) is 0 Å². The molecule has 1 rings (SSSR count). The van der Waals surface area contributed by atoms with Crippen LogP contribution >= 0.6 is 0 Å². The first-order chi connectivity index (χ1) is 6.29. The molecule has 1 aliphatic heterocycles. The zero-order valence-corrected chi connectivity index (χ0v) is 8.67. The lowest BCUT2D eigenvalue weighted by molar-refractivity contribution is 0.0427. The van der Waals surface area contributed by atoms with E-state index in [2.05, 4.69) is 18.3 Å². The van der Waals surface area contributed by atoms with Gasteiger partial charge in [-0.2, -0.15) is 0 Å². The van der Waals surface area contributed by atoms with E-state index in [0.29, 0.717) is 0 Å². The van der Waals surface area contributed by atoms with E-state index in [-0.39, 0.29) is 12.1 Å². The van der Waals surface area contributed by atoms with Crippen LogP contribution in [0, 0.1) is 0 Å². The fourth-order valence-electron chi connectivity index (χ4n) is 1.62. The van der Waals surface area contributed by atoms with Gasteiger partial charge in [0.05, 0.1) is 18.8 Å². The maximum absolute atomic E-state index is 5.52. The van der Waals surface area contributed by atoms with E-state index in [1.807, 2.05) is 14.0 Å². The van der Waals surface area contributed by atoms with E-state index in [1.54, 1.807) is 0 Å². The van der Waals surface area contributed by atoms with Crippen molar-refractivity contribution in [3.63, 3.8) is 0 Å². The van der Waals surface area contributed by atoms with Gasteiger partial charge in [-0.3, -0.25) is 0 Å². The molecule has 0 radical (unpaired) electrons. The maximum atomic E-state index is 5.52. The largest absolute Gasteiger partial charge is 0.496 e. The van der Waals surface area contributed by atoms with Gasteiger partial charge in [0.25, 0.3) is 0 Å². The smallest absolute Gasteiger partial charge is 0.112 e. The molecule has 0 aromatic rings. The quantitative estimate of drug-likeness (QED) is 0.700. The van der Waals surface area contributed by atoms with Crippen molar-refractivity contribution in [1.29, 1.82) is 0 Å². The number of nitrogens with one attached hydrogen (secondary N) is 1. The molecule has 2 atom stereocenters. The molecule has 2 unspecified atom stereocenters. The van der Waals surface area contributed by atoms with E-state index < -0.39 is 0 Å². The summed E-state index contributed by atoms with van der Waals surface area (Å²) in [5.41, 5.74) is 0. The van der Waals surface area contributed by atoms with Crippen molar-refractivity contribution in [2.45, 2.75) is 32.4 Å². The number of likely N-dealkylation sites (N-methyl/N-ethyl adjacent to an activating group) is 1. The van der Waals surface area contributed by atoms with Crippen LogP contribution in [-0.4, -0.2) is 32.4 Å². The molecule has 1 heterocycles. The maximum Gasteiger partial charge on any atom is 0.112 e. The molecule has 1 aliphatic rings. The van der Waals surface area contributed by atoms with Crippen LogP contribution in [0.15, 0.2) is 11.8 Å². The Hall–Kier alpha value is -0.540. The molecule has 13 heavy (non-hydrogen) atoms. The fourth-order valence-corrected chi connectivity index (χ4v) is 1.62. The topological polar surface area (TPSA) is 30.5 Å². The van der Waals surface area contributed by atoms with Crippen LogP contribution in [0.4, 0.5) is 0 Å².